The zero-order valence-electron chi connectivity index (χ0n) is 42.3. The molecule has 0 saturated carbocycles. The monoisotopic (exact) mass is 877 g/mol. The van der Waals surface area contributed by atoms with Crippen LogP contribution in [-0.2, 0) is 28.6 Å². The summed E-state index contributed by atoms with van der Waals surface area (Å²) < 4.78 is 16.8. The highest BCUT2D eigenvalue weighted by Crippen LogP contribution is 2.18. The first-order valence-corrected chi connectivity index (χ1v) is 27.9. The lowest BCUT2D eigenvalue weighted by molar-refractivity contribution is -0.167. The van der Waals surface area contributed by atoms with Crippen LogP contribution in [0, 0.1) is 5.92 Å². The van der Waals surface area contributed by atoms with Crippen molar-refractivity contribution in [3.8, 4) is 0 Å². The molecular formula is C56H108O6. The van der Waals surface area contributed by atoms with E-state index in [1.54, 1.807) is 0 Å². The number of hydrogen-bond donors (Lipinski definition) is 0. The molecule has 0 aromatic carbocycles. The summed E-state index contributed by atoms with van der Waals surface area (Å²) in [5.74, 6) is -0.0651. The summed E-state index contributed by atoms with van der Waals surface area (Å²) in [5.41, 5.74) is 0. The van der Waals surface area contributed by atoms with Gasteiger partial charge in [-0.25, -0.2) is 0 Å². The summed E-state index contributed by atoms with van der Waals surface area (Å²) in [6, 6.07) is 0. The molecule has 0 aliphatic heterocycles. The molecule has 62 heavy (non-hydrogen) atoms. The van der Waals surface area contributed by atoms with E-state index in [4.69, 9.17) is 14.2 Å². The van der Waals surface area contributed by atoms with E-state index in [0.29, 0.717) is 19.3 Å². The molecule has 0 fully saturated rings. The molecule has 0 N–H and O–H groups in total. The third-order valence-corrected chi connectivity index (χ3v) is 12.8. The minimum atomic E-state index is -0.762. The Morgan fingerprint density at radius 2 is 0.532 bits per heavy atom. The Balaban J connectivity index is 4.22. The van der Waals surface area contributed by atoms with Crippen LogP contribution in [-0.4, -0.2) is 37.2 Å². The first-order chi connectivity index (χ1) is 30.4. The maximum atomic E-state index is 12.8. The number of esters is 3. The van der Waals surface area contributed by atoms with Gasteiger partial charge in [-0.2, -0.15) is 0 Å². The molecule has 0 bridgehead atoms. The molecule has 0 saturated heterocycles. The molecule has 0 aliphatic carbocycles. The summed E-state index contributed by atoms with van der Waals surface area (Å²) in [5, 5.41) is 0. The molecule has 0 spiro atoms. The lowest BCUT2D eigenvalue weighted by Gasteiger charge is -2.18. The summed E-state index contributed by atoms with van der Waals surface area (Å²) >= 11 is 0. The van der Waals surface area contributed by atoms with Crippen molar-refractivity contribution in [3.63, 3.8) is 0 Å². The highest BCUT2D eigenvalue weighted by Gasteiger charge is 2.19. The lowest BCUT2D eigenvalue weighted by Crippen LogP contribution is -2.30. The van der Waals surface area contributed by atoms with Crippen molar-refractivity contribution < 1.29 is 28.6 Å². The fourth-order valence-corrected chi connectivity index (χ4v) is 8.57. The van der Waals surface area contributed by atoms with Crippen molar-refractivity contribution in [1.82, 2.24) is 0 Å². The van der Waals surface area contributed by atoms with Crippen LogP contribution >= 0.6 is 0 Å². The molecule has 0 aromatic heterocycles. The van der Waals surface area contributed by atoms with Crippen molar-refractivity contribution in [2.75, 3.05) is 13.2 Å². The van der Waals surface area contributed by atoms with Crippen molar-refractivity contribution in [1.29, 1.82) is 0 Å². The van der Waals surface area contributed by atoms with E-state index in [2.05, 4.69) is 27.7 Å². The summed E-state index contributed by atoms with van der Waals surface area (Å²) in [6.07, 6.45) is 53.9. The van der Waals surface area contributed by atoms with Crippen LogP contribution in [0.5, 0.6) is 0 Å². The van der Waals surface area contributed by atoms with Gasteiger partial charge in [0, 0.05) is 19.3 Å². The quantitative estimate of drug-likeness (QED) is 0.0344. The Bertz CT molecular complexity index is 933. The smallest absolute Gasteiger partial charge is 0.306 e. The maximum absolute atomic E-state index is 12.8. The van der Waals surface area contributed by atoms with Gasteiger partial charge in [-0.15, -0.1) is 0 Å². The van der Waals surface area contributed by atoms with E-state index in [1.165, 1.54) is 212 Å². The van der Waals surface area contributed by atoms with Gasteiger partial charge in [-0.1, -0.05) is 278 Å². The first-order valence-electron chi connectivity index (χ1n) is 27.9. The number of unbranched alkanes of at least 4 members (excludes halogenated alkanes) is 38. The predicted molar refractivity (Wildman–Crippen MR) is 266 cm³/mol. The summed E-state index contributed by atoms with van der Waals surface area (Å²) in [4.78, 5) is 38.0. The van der Waals surface area contributed by atoms with Gasteiger partial charge in [0.2, 0.25) is 0 Å². The molecule has 6 nitrogen and oxygen atoms in total. The molecule has 0 aliphatic rings. The molecule has 0 unspecified atom stereocenters. The highest BCUT2D eigenvalue weighted by molar-refractivity contribution is 5.71. The minimum absolute atomic E-state index is 0.0632. The third kappa shape index (κ3) is 49.4. The molecule has 6 heteroatoms. The number of rotatable bonds is 51. The van der Waals surface area contributed by atoms with Crippen LogP contribution in [0.15, 0.2) is 0 Å². The van der Waals surface area contributed by atoms with Crippen molar-refractivity contribution in [3.05, 3.63) is 0 Å². The van der Waals surface area contributed by atoms with Gasteiger partial charge in [-0.05, 0) is 25.2 Å². The minimum Gasteiger partial charge on any atom is -0.462 e. The van der Waals surface area contributed by atoms with Gasteiger partial charge in [0.25, 0.3) is 0 Å². The zero-order valence-corrected chi connectivity index (χ0v) is 42.3. The highest BCUT2D eigenvalue weighted by atomic mass is 16.6. The number of carbonyl (C=O) groups is 3. The first kappa shape index (κ1) is 60.4. The average Bonchev–Trinajstić information content (AvgIpc) is 3.26. The van der Waals surface area contributed by atoms with Gasteiger partial charge in [0.15, 0.2) is 6.10 Å². The Morgan fingerprint density at radius 1 is 0.306 bits per heavy atom. The van der Waals surface area contributed by atoms with Crippen molar-refractivity contribution in [2.45, 2.75) is 323 Å². The van der Waals surface area contributed by atoms with Gasteiger partial charge < -0.3 is 14.2 Å². The molecule has 0 amide bonds. The Hall–Kier alpha value is -1.59. The van der Waals surface area contributed by atoms with Crippen LogP contribution in [0.25, 0.3) is 0 Å². The Kier molecular flexibility index (Phi) is 49.1. The molecule has 0 heterocycles. The second-order valence-corrected chi connectivity index (χ2v) is 19.7. The Morgan fingerprint density at radius 3 is 0.790 bits per heavy atom. The van der Waals surface area contributed by atoms with E-state index < -0.39 is 6.10 Å². The standard InChI is InChI=1S/C56H108O6/c1-5-7-9-11-13-15-17-19-21-23-24-26-28-30-32-36-40-44-48-55(58)61-51-53(62-56(59)49-45-41-37-33-34-38-42-46-52(3)4)50-60-54(57)47-43-39-35-31-29-27-25-22-20-18-16-14-12-10-8-6-2/h52-53H,5-51H2,1-4H3/t53-/m1/s1. The predicted octanol–water partition coefficient (Wildman–Crippen LogP) is 18.2. The Labute approximate surface area is 387 Å². The molecule has 0 aromatic rings. The van der Waals surface area contributed by atoms with E-state index in [9.17, 15) is 14.4 Å². The largest absolute Gasteiger partial charge is 0.462 e. The summed E-state index contributed by atoms with van der Waals surface area (Å²) in [7, 11) is 0. The number of carbonyl (C=O) groups excluding carboxylic acids is 3. The van der Waals surface area contributed by atoms with E-state index in [1.807, 2.05) is 0 Å². The van der Waals surface area contributed by atoms with Crippen LogP contribution in [0.2, 0.25) is 0 Å². The topological polar surface area (TPSA) is 78.9 Å². The van der Waals surface area contributed by atoms with Gasteiger partial charge in [0.05, 0.1) is 0 Å². The lowest BCUT2D eigenvalue weighted by atomic mass is 10.0. The molecule has 0 rings (SSSR count). The van der Waals surface area contributed by atoms with Crippen LogP contribution < -0.4 is 0 Å². The molecule has 1 atom stereocenters. The van der Waals surface area contributed by atoms with Gasteiger partial charge in [-0.3, -0.25) is 14.4 Å². The third-order valence-electron chi connectivity index (χ3n) is 12.8. The second-order valence-electron chi connectivity index (χ2n) is 19.7. The van der Waals surface area contributed by atoms with Gasteiger partial charge in [0.1, 0.15) is 13.2 Å². The van der Waals surface area contributed by atoms with E-state index in [-0.39, 0.29) is 31.1 Å². The average molecular weight is 877 g/mol. The molecule has 368 valence electrons. The zero-order chi connectivity index (χ0) is 45.2. The SMILES string of the molecule is CCCCCCCCCCCCCCCCCCCCC(=O)OC[C@@H](COC(=O)CCCCCCCCCCCCCCCCCC)OC(=O)CCCCCCCCCC(C)C. The van der Waals surface area contributed by atoms with Crippen molar-refractivity contribution in [2.24, 2.45) is 5.92 Å². The van der Waals surface area contributed by atoms with Crippen molar-refractivity contribution >= 4 is 17.9 Å². The fourth-order valence-electron chi connectivity index (χ4n) is 8.57. The number of hydrogen-bond acceptors (Lipinski definition) is 6. The summed E-state index contributed by atoms with van der Waals surface area (Å²) in [6.45, 7) is 9.00. The normalized spacial score (nSPS) is 12.0. The second kappa shape index (κ2) is 50.4. The molecule has 0 radical (unpaired) electrons. The van der Waals surface area contributed by atoms with Crippen LogP contribution in [0.1, 0.15) is 317 Å². The van der Waals surface area contributed by atoms with E-state index in [0.717, 1.165) is 63.7 Å². The van der Waals surface area contributed by atoms with Gasteiger partial charge >= 0.3 is 17.9 Å². The van der Waals surface area contributed by atoms with E-state index >= 15 is 0 Å². The maximum Gasteiger partial charge on any atom is 0.306 e. The fraction of sp³-hybridized carbons (Fsp3) is 0.946. The molecular weight excluding hydrogens is 769 g/mol. The van der Waals surface area contributed by atoms with Crippen LogP contribution in [0.4, 0.5) is 0 Å². The number of ether oxygens (including phenoxy) is 3. The van der Waals surface area contributed by atoms with Crippen LogP contribution in [0.3, 0.4) is 0 Å².